The Balaban J connectivity index is 1.40. The highest BCUT2D eigenvalue weighted by Crippen LogP contribution is 2.24. The standard InChI is InChI=1S/C18H18ClN5OS/c1-22-11-13(10-20-22)17-21-16(12-26-17)18(25)24-8-6-23(7-9-24)15-4-2-14(19)3-5-15/h2-5,10-12H,6-9H2,1H3. The minimum absolute atomic E-state index is 0.00727. The van der Waals surface area contributed by atoms with Crippen molar-refractivity contribution in [2.45, 2.75) is 0 Å². The number of benzene rings is 1. The molecule has 6 nitrogen and oxygen atoms in total. The summed E-state index contributed by atoms with van der Waals surface area (Å²) in [5.74, 6) is -0.00727. The Kier molecular flexibility index (Phi) is 4.65. The van der Waals surface area contributed by atoms with Crippen LogP contribution in [0.1, 0.15) is 10.5 Å². The van der Waals surface area contributed by atoms with Gasteiger partial charge in [-0.1, -0.05) is 11.6 Å². The average Bonchev–Trinajstić information content (AvgIpc) is 3.31. The fourth-order valence-corrected chi connectivity index (χ4v) is 3.91. The second-order valence-electron chi connectivity index (χ2n) is 6.20. The van der Waals surface area contributed by atoms with Gasteiger partial charge in [0.1, 0.15) is 10.7 Å². The van der Waals surface area contributed by atoms with Crippen molar-refractivity contribution in [1.82, 2.24) is 19.7 Å². The van der Waals surface area contributed by atoms with Crippen LogP contribution < -0.4 is 4.90 Å². The van der Waals surface area contributed by atoms with Gasteiger partial charge >= 0.3 is 0 Å². The van der Waals surface area contributed by atoms with E-state index in [-0.39, 0.29) is 5.91 Å². The summed E-state index contributed by atoms with van der Waals surface area (Å²) in [6, 6.07) is 7.81. The zero-order valence-corrected chi connectivity index (χ0v) is 15.9. The average molecular weight is 388 g/mol. The van der Waals surface area contributed by atoms with Gasteiger partial charge in [0.15, 0.2) is 0 Å². The summed E-state index contributed by atoms with van der Waals surface area (Å²) < 4.78 is 1.73. The third-order valence-electron chi connectivity index (χ3n) is 4.43. The summed E-state index contributed by atoms with van der Waals surface area (Å²) >= 11 is 7.42. The van der Waals surface area contributed by atoms with Crippen molar-refractivity contribution >= 4 is 34.5 Å². The first-order chi connectivity index (χ1) is 12.6. The molecule has 26 heavy (non-hydrogen) atoms. The Bertz CT molecular complexity index is 912. The van der Waals surface area contributed by atoms with E-state index in [9.17, 15) is 4.79 Å². The minimum atomic E-state index is -0.00727. The van der Waals surface area contributed by atoms with E-state index in [1.54, 1.807) is 10.9 Å². The molecule has 1 saturated heterocycles. The zero-order chi connectivity index (χ0) is 18.1. The van der Waals surface area contributed by atoms with Crippen LogP contribution in [0.2, 0.25) is 5.02 Å². The first-order valence-electron chi connectivity index (χ1n) is 8.34. The van der Waals surface area contributed by atoms with Crippen molar-refractivity contribution in [3.63, 3.8) is 0 Å². The monoisotopic (exact) mass is 387 g/mol. The van der Waals surface area contributed by atoms with Gasteiger partial charge in [-0.15, -0.1) is 11.3 Å². The molecule has 1 aromatic carbocycles. The number of aryl methyl sites for hydroxylation is 1. The smallest absolute Gasteiger partial charge is 0.273 e. The fourth-order valence-electron chi connectivity index (χ4n) is 3.02. The van der Waals surface area contributed by atoms with Gasteiger partial charge in [-0.3, -0.25) is 9.48 Å². The molecule has 3 heterocycles. The maximum absolute atomic E-state index is 12.8. The molecule has 0 unspecified atom stereocenters. The predicted octanol–water partition coefficient (Wildman–Crippen LogP) is 3.16. The molecule has 1 fully saturated rings. The van der Waals surface area contributed by atoms with Gasteiger partial charge in [0.25, 0.3) is 5.91 Å². The van der Waals surface area contributed by atoms with Crippen molar-refractivity contribution in [3.05, 3.63) is 52.8 Å². The number of hydrogen-bond acceptors (Lipinski definition) is 5. The van der Waals surface area contributed by atoms with Crippen LogP contribution in [0.4, 0.5) is 5.69 Å². The molecular weight excluding hydrogens is 370 g/mol. The molecule has 8 heteroatoms. The number of rotatable bonds is 3. The molecule has 0 aliphatic carbocycles. The number of thiazole rings is 1. The van der Waals surface area contributed by atoms with E-state index < -0.39 is 0 Å². The lowest BCUT2D eigenvalue weighted by Gasteiger charge is -2.35. The maximum Gasteiger partial charge on any atom is 0.273 e. The normalized spacial score (nSPS) is 14.7. The highest BCUT2D eigenvalue weighted by atomic mass is 35.5. The largest absolute Gasteiger partial charge is 0.368 e. The number of carbonyl (C=O) groups is 1. The van der Waals surface area contributed by atoms with Crippen LogP contribution in [-0.4, -0.2) is 51.8 Å². The topological polar surface area (TPSA) is 54.3 Å². The lowest BCUT2D eigenvalue weighted by atomic mass is 10.2. The lowest BCUT2D eigenvalue weighted by molar-refractivity contribution is 0.0742. The third kappa shape index (κ3) is 3.45. The number of hydrogen-bond donors (Lipinski definition) is 0. The van der Waals surface area contributed by atoms with Crippen molar-refractivity contribution < 1.29 is 4.79 Å². The molecular formula is C18H18ClN5OS. The van der Waals surface area contributed by atoms with E-state index in [1.165, 1.54) is 11.3 Å². The van der Waals surface area contributed by atoms with Crippen molar-refractivity contribution in [2.24, 2.45) is 7.05 Å². The molecule has 0 bridgehead atoms. The van der Waals surface area contributed by atoms with Crippen molar-refractivity contribution in [3.8, 4) is 10.6 Å². The number of anilines is 1. The molecule has 0 spiro atoms. The molecule has 0 atom stereocenters. The van der Waals surface area contributed by atoms with Crippen LogP contribution in [0.3, 0.4) is 0 Å². The van der Waals surface area contributed by atoms with Crippen molar-refractivity contribution in [2.75, 3.05) is 31.1 Å². The van der Waals surface area contributed by atoms with Crippen LogP contribution in [0.15, 0.2) is 42.0 Å². The van der Waals surface area contributed by atoms with Gasteiger partial charge in [-0.25, -0.2) is 4.98 Å². The van der Waals surface area contributed by atoms with Gasteiger partial charge in [-0.2, -0.15) is 5.10 Å². The quantitative estimate of drug-likeness (QED) is 0.692. The Labute approximate surface area is 160 Å². The zero-order valence-electron chi connectivity index (χ0n) is 14.3. The molecule has 2 aromatic heterocycles. The summed E-state index contributed by atoms with van der Waals surface area (Å²) in [6.45, 7) is 2.96. The summed E-state index contributed by atoms with van der Waals surface area (Å²) in [5.41, 5.74) is 2.58. The second kappa shape index (κ2) is 7.09. The number of piperazine rings is 1. The Morgan fingerprint density at radius 2 is 1.88 bits per heavy atom. The first kappa shape index (κ1) is 17.1. The van der Waals surface area contributed by atoms with Crippen LogP contribution in [0.5, 0.6) is 0 Å². The summed E-state index contributed by atoms with van der Waals surface area (Å²) in [4.78, 5) is 21.4. The van der Waals surface area contributed by atoms with Gasteiger partial charge in [0.05, 0.1) is 6.20 Å². The Morgan fingerprint density at radius 1 is 1.15 bits per heavy atom. The first-order valence-corrected chi connectivity index (χ1v) is 9.60. The highest BCUT2D eigenvalue weighted by molar-refractivity contribution is 7.13. The van der Waals surface area contributed by atoms with E-state index in [1.807, 2.05) is 47.8 Å². The van der Waals surface area contributed by atoms with E-state index >= 15 is 0 Å². The van der Waals surface area contributed by atoms with Gasteiger partial charge in [0, 0.05) is 61.1 Å². The number of aromatic nitrogens is 3. The van der Waals surface area contributed by atoms with Gasteiger partial charge < -0.3 is 9.80 Å². The van der Waals surface area contributed by atoms with Crippen molar-refractivity contribution in [1.29, 1.82) is 0 Å². The number of halogens is 1. The van der Waals surface area contributed by atoms with Gasteiger partial charge in [0.2, 0.25) is 0 Å². The van der Waals surface area contributed by atoms with Crippen LogP contribution in [-0.2, 0) is 7.05 Å². The number of carbonyl (C=O) groups excluding carboxylic acids is 1. The van der Waals surface area contributed by atoms with Crippen LogP contribution in [0.25, 0.3) is 10.6 Å². The molecule has 134 valence electrons. The predicted molar refractivity (Wildman–Crippen MR) is 104 cm³/mol. The molecule has 1 aliphatic heterocycles. The fraction of sp³-hybridized carbons (Fsp3) is 0.278. The molecule has 1 aliphatic rings. The second-order valence-corrected chi connectivity index (χ2v) is 7.49. The summed E-state index contributed by atoms with van der Waals surface area (Å²) in [5, 5.41) is 7.54. The highest BCUT2D eigenvalue weighted by Gasteiger charge is 2.24. The molecule has 0 N–H and O–H groups in total. The van der Waals surface area contributed by atoms with Gasteiger partial charge in [-0.05, 0) is 24.3 Å². The third-order valence-corrected chi connectivity index (χ3v) is 5.58. The molecule has 0 radical (unpaired) electrons. The van der Waals surface area contributed by atoms with E-state index in [2.05, 4.69) is 15.0 Å². The van der Waals surface area contributed by atoms with E-state index in [0.717, 1.165) is 34.4 Å². The SMILES string of the molecule is Cn1cc(-c2nc(C(=O)N3CCN(c4ccc(Cl)cc4)CC3)cs2)cn1. The summed E-state index contributed by atoms with van der Waals surface area (Å²) in [6.07, 6.45) is 3.66. The van der Waals surface area contributed by atoms with Crippen LogP contribution >= 0.6 is 22.9 Å². The minimum Gasteiger partial charge on any atom is -0.368 e. The molecule has 3 aromatic rings. The molecule has 1 amide bonds. The Hall–Kier alpha value is -2.38. The van der Waals surface area contributed by atoms with E-state index in [4.69, 9.17) is 11.6 Å². The van der Waals surface area contributed by atoms with E-state index in [0.29, 0.717) is 18.8 Å². The number of amides is 1. The number of nitrogens with zero attached hydrogens (tertiary/aromatic N) is 5. The maximum atomic E-state index is 12.8. The lowest BCUT2D eigenvalue weighted by Crippen LogP contribution is -2.48. The summed E-state index contributed by atoms with van der Waals surface area (Å²) in [7, 11) is 1.86. The van der Waals surface area contributed by atoms with Crippen LogP contribution in [0, 0.1) is 0 Å². The molecule has 4 rings (SSSR count). The Morgan fingerprint density at radius 3 is 2.54 bits per heavy atom. The molecule has 0 saturated carbocycles.